The van der Waals surface area contributed by atoms with E-state index in [9.17, 15) is 14.7 Å². The monoisotopic (exact) mass is 289 g/mol. The number of methoxy groups -OCH3 is 1. The van der Waals surface area contributed by atoms with Crippen LogP contribution >= 0.6 is 0 Å². The van der Waals surface area contributed by atoms with Gasteiger partial charge in [0.25, 0.3) is 0 Å². The van der Waals surface area contributed by atoms with Gasteiger partial charge in [-0.1, -0.05) is 12.1 Å². The molecule has 0 saturated carbocycles. The van der Waals surface area contributed by atoms with Crippen molar-refractivity contribution >= 4 is 16.9 Å². The standard InChI is InChI=1S/C16H19NO4/c1-16(2,21-3)8-9-17-10-12(15(19)20)14(18)11-6-4-5-7-13(11)17/h4-7,10H,8-9H2,1-3H3,(H,19,20). The van der Waals surface area contributed by atoms with Crippen LogP contribution in [0.1, 0.15) is 30.6 Å². The molecular weight excluding hydrogens is 270 g/mol. The van der Waals surface area contributed by atoms with Crippen LogP contribution in [0.4, 0.5) is 0 Å². The summed E-state index contributed by atoms with van der Waals surface area (Å²) in [6.07, 6.45) is 2.12. The van der Waals surface area contributed by atoms with Crippen LogP contribution in [0.2, 0.25) is 0 Å². The lowest BCUT2D eigenvalue weighted by Crippen LogP contribution is -2.26. The Labute approximate surface area is 122 Å². The highest BCUT2D eigenvalue weighted by molar-refractivity contribution is 5.92. The fourth-order valence-corrected chi connectivity index (χ4v) is 2.17. The number of carbonyl (C=O) groups is 1. The van der Waals surface area contributed by atoms with Crippen molar-refractivity contribution in [3.05, 3.63) is 46.2 Å². The first kappa shape index (κ1) is 15.3. The Kier molecular flexibility index (Phi) is 4.14. The Hall–Kier alpha value is -2.14. The van der Waals surface area contributed by atoms with E-state index in [2.05, 4.69) is 0 Å². The number of aromatic nitrogens is 1. The second-order valence-electron chi connectivity index (χ2n) is 5.60. The Morgan fingerprint density at radius 2 is 2.00 bits per heavy atom. The van der Waals surface area contributed by atoms with Gasteiger partial charge in [-0.3, -0.25) is 4.79 Å². The van der Waals surface area contributed by atoms with Gasteiger partial charge in [0.05, 0.1) is 11.1 Å². The van der Waals surface area contributed by atoms with Crippen LogP contribution in [-0.2, 0) is 11.3 Å². The average molecular weight is 289 g/mol. The number of fused-ring (bicyclic) bond motifs is 1. The molecule has 0 bridgehead atoms. The van der Waals surface area contributed by atoms with Crippen LogP contribution in [0.3, 0.4) is 0 Å². The van der Waals surface area contributed by atoms with Crippen LogP contribution in [0.25, 0.3) is 10.9 Å². The SMILES string of the molecule is COC(C)(C)CCn1cc(C(=O)O)c(=O)c2ccccc21. The molecule has 5 nitrogen and oxygen atoms in total. The van der Waals surface area contributed by atoms with Crippen LogP contribution in [0.15, 0.2) is 35.3 Å². The molecule has 1 N–H and O–H groups in total. The number of nitrogens with zero attached hydrogens (tertiary/aromatic N) is 1. The highest BCUT2D eigenvalue weighted by Gasteiger charge is 2.18. The maximum atomic E-state index is 12.2. The molecule has 2 aromatic rings. The number of carboxylic acid groups (broad SMARTS) is 1. The lowest BCUT2D eigenvalue weighted by Gasteiger charge is -2.24. The predicted molar refractivity (Wildman–Crippen MR) is 80.9 cm³/mol. The van der Waals surface area contributed by atoms with Gasteiger partial charge < -0.3 is 14.4 Å². The molecule has 0 radical (unpaired) electrons. The minimum Gasteiger partial charge on any atom is -0.477 e. The number of ether oxygens (including phenoxy) is 1. The number of aryl methyl sites for hydroxylation is 1. The number of hydrogen-bond donors (Lipinski definition) is 1. The maximum Gasteiger partial charge on any atom is 0.341 e. The van der Waals surface area contributed by atoms with E-state index < -0.39 is 11.4 Å². The topological polar surface area (TPSA) is 68.5 Å². The smallest absolute Gasteiger partial charge is 0.341 e. The molecule has 2 rings (SSSR count). The molecule has 5 heteroatoms. The summed E-state index contributed by atoms with van der Waals surface area (Å²) >= 11 is 0. The summed E-state index contributed by atoms with van der Waals surface area (Å²) in [6.45, 7) is 4.51. The van der Waals surface area contributed by atoms with Crippen LogP contribution in [0, 0.1) is 0 Å². The Balaban J connectivity index is 2.55. The highest BCUT2D eigenvalue weighted by atomic mass is 16.5. The molecule has 1 aromatic heterocycles. The summed E-state index contributed by atoms with van der Waals surface area (Å²) in [6, 6.07) is 7.04. The summed E-state index contributed by atoms with van der Waals surface area (Å²) in [7, 11) is 1.65. The first-order valence-electron chi connectivity index (χ1n) is 6.76. The first-order valence-corrected chi connectivity index (χ1v) is 6.76. The Morgan fingerprint density at radius 1 is 1.33 bits per heavy atom. The van der Waals surface area contributed by atoms with Gasteiger partial charge in [-0.05, 0) is 32.4 Å². The average Bonchev–Trinajstić information content (AvgIpc) is 2.46. The van der Waals surface area contributed by atoms with E-state index >= 15 is 0 Å². The third-order valence-electron chi connectivity index (χ3n) is 3.73. The molecule has 1 heterocycles. The van der Waals surface area contributed by atoms with Gasteiger partial charge in [0.1, 0.15) is 5.56 Å². The Bertz CT molecular complexity index is 731. The minimum atomic E-state index is -1.20. The van der Waals surface area contributed by atoms with E-state index in [4.69, 9.17) is 4.74 Å². The van der Waals surface area contributed by atoms with Gasteiger partial charge in [0, 0.05) is 25.2 Å². The lowest BCUT2D eigenvalue weighted by atomic mass is 10.0. The molecular formula is C16H19NO4. The molecule has 0 unspecified atom stereocenters. The van der Waals surface area contributed by atoms with E-state index in [1.165, 1.54) is 6.20 Å². The molecule has 0 aliphatic heterocycles. The fourth-order valence-electron chi connectivity index (χ4n) is 2.17. The number of benzene rings is 1. The first-order chi connectivity index (χ1) is 9.85. The van der Waals surface area contributed by atoms with Crippen molar-refractivity contribution in [3.63, 3.8) is 0 Å². The molecule has 21 heavy (non-hydrogen) atoms. The summed E-state index contributed by atoms with van der Waals surface area (Å²) < 4.78 is 7.19. The molecule has 0 saturated heterocycles. The zero-order valence-corrected chi connectivity index (χ0v) is 12.4. The summed E-state index contributed by atoms with van der Waals surface area (Å²) in [5.74, 6) is -1.20. The van der Waals surface area contributed by atoms with Crippen molar-refractivity contribution in [2.45, 2.75) is 32.4 Å². The van der Waals surface area contributed by atoms with E-state index in [1.54, 1.807) is 23.8 Å². The van der Waals surface area contributed by atoms with Crippen molar-refractivity contribution in [1.29, 1.82) is 0 Å². The number of para-hydroxylation sites is 1. The second-order valence-corrected chi connectivity index (χ2v) is 5.60. The molecule has 0 spiro atoms. The van der Waals surface area contributed by atoms with Crippen molar-refractivity contribution in [2.24, 2.45) is 0 Å². The van der Waals surface area contributed by atoms with Gasteiger partial charge >= 0.3 is 5.97 Å². The minimum absolute atomic E-state index is 0.205. The van der Waals surface area contributed by atoms with E-state index in [0.717, 1.165) is 5.52 Å². The molecule has 1 aromatic carbocycles. The second kappa shape index (κ2) is 5.69. The summed E-state index contributed by atoms with van der Waals surface area (Å²) in [5, 5.41) is 9.61. The van der Waals surface area contributed by atoms with Gasteiger partial charge in [0.15, 0.2) is 0 Å². The van der Waals surface area contributed by atoms with E-state index in [-0.39, 0.29) is 11.2 Å². The normalized spacial score (nSPS) is 11.8. The fraction of sp³-hybridized carbons (Fsp3) is 0.375. The van der Waals surface area contributed by atoms with Crippen molar-refractivity contribution in [1.82, 2.24) is 4.57 Å². The number of carboxylic acids is 1. The Morgan fingerprint density at radius 3 is 2.62 bits per heavy atom. The zero-order valence-electron chi connectivity index (χ0n) is 12.4. The van der Waals surface area contributed by atoms with Crippen LogP contribution in [0.5, 0.6) is 0 Å². The van der Waals surface area contributed by atoms with Crippen molar-refractivity contribution in [2.75, 3.05) is 7.11 Å². The third kappa shape index (κ3) is 3.13. The van der Waals surface area contributed by atoms with Gasteiger partial charge in [-0.2, -0.15) is 0 Å². The maximum absolute atomic E-state index is 12.2. The largest absolute Gasteiger partial charge is 0.477 e. The molecule has 0 aliphatic carbocycles. The molecule has 0 amide bonds. The summed E-state index contributed by atoms with van der Waals surface area (Å²) in [4.78, 5) is 23.4. The summed E-state index contributed by atoms with van der Waals surface area (Å²) in [5.41, 5.74) is -0.225. The predicted octanol–water partition coefficient (Wildman–Crippen LogP) is 2.51. The third-order valence-corrected chi connectivity index (χ3v) is 3.73. The molecule has 0 atom stereocenters. The number of hydrogen-bond acceptors (Lipinski definition) is 3. The van der Waals surface area contributed by atoms with Crippen molar-refractivity contribution in [3.8, 4) is 0 Å². The van der Waals surface area contributed by atoms with Crippen LogP contribution in [-0.4, -0.2) is 28.4 Å². The van der Waals surface area contributed by atoms with Gasteiger partial charge in [-0.25, -0.2) is 4.79 Å². The van der Waals surface area contributed by atoms with Gasteiger partial charge in [0.2, 0.25) is 5.43 Å². The molecule has 0 aliphatic rings. The van der Waals surface area contributed by atoms with Crippen molar-refractivity contribution < 1.29 is 14.6 Å². The van der Waals surface area contributed by atoms with E-state index in [1.807, 2.05) is 26.0 Å². The quantitative estimate of drug-likeness (QED) is 0.918. The zero-order chi connectivity index (χ0) is 15.6. The highest BCUT2D eigenvalue weighted by Crippen LogP contribution is 2.17. The van der Waals surface area contributed by atoms with Crippen LogP contribution < -0.4 is 5.43 Å². The molecule has 112 valence electrons. The number of rotatable bonds is 5. The van der Waals surface area contributed by atoms with E-state index in [0.29, 0.717) is 18.4 Å². The van der Waals surface area contributed by atoms with Gasteiger partial charge in [-0.15, -0.1) is 0 Å². The number of aromatic carboxylic acids is 1. The lowest BCUT2D eigenvalue weighted by molar-refractivity contribution is 0.0123. The molecule has 0 fully saturated rings. The number of pyridine rings is 1.